The fourth-order valence-corrected chi connectivity index (χ4v) is 1.15. The van der Waals surface area contributed by atoms with Gasteiger partial charge in [0.15, 0.2) is 0 Å². The third kappa shape index (κ3) is 1.23. The van der Waals surface area contributed by atoms with Crippen LogP contribution >= 0.6 is 0 Å². The standard InChI is InChI=1S/C10H9NO/c1-8-6-9(2-4-11-8)10-3-5-12-7-10/h2-7H,1H3. The van der Waals surface area contributed by atoms with Crippen LogP contribution in [0.2, 0.25) is 0 Å². The van der Waals surface area contributed by atoms with Crippen LogP contribution < -0.4 is 0 Å². The second-order valence-electron chi connectivity index (χ2n) is 2.70. The lowest BCUT2D eigenvalue weighted by Crippen LogP contribution is -1.80. The highest BCUT2D eigenvalue weighted by atomic mass is 16.3. The molecule has 2 rings (SSSR count). The molecular formula is C10H9NO. The van der Waals surface area contributed by atoms with Crippen LogP contribution in [0.5, 0.6) is 0 Å². The molecule has 0 radical (unpaired) electrons. The number of hydrogen-bond donors (Lipinski definition) is 0. The highest BCUT2D eigenvalue weighted by molar-refractivity contribution is 5.61. The predicted molar refractivity (Wildman–Crippen MR) is 46.7 cm³/mol. The van der Waals surface area contributed by atoms with Crippen molar-refractivity contribution in [2.75, 3.05) is 0 Å². The average molecular weight is 159 g/mol. The third-order valence-electron chi connectivity index (χ3n) is 1.75. The molecule has 2 aromatic heterocycles. The van der Waals surface area contributed by atoms with E-state index in [4.69, 9.17) is 4.42 Å². The first-order chi connectivity index (χ1) is 5.86. The Balaban J connectivity index is 2.48. The van der Waals surface area contributed by atoms with Gasteiger partial charge >= 0.3 is 0 Å². The molecule has 0 bridgehead atoms. The molecule has 0 atom stereocenters. The van der Waals surface area contributed by atoms with E-state index in [9.17, 15) is 0 Å². The van der Waals surface area contributed by atoms with Gasteiger partial charge in [-0.25, -0.2) is 0 Å². The van der Waals surface area contributed by atoms with E-state index in [1.54, 1.807) is 18.7 Å². The largest absolute Gasteiger partial charge is 0.472 e. The van der Waals surface area contributed by atoms with E-state index in [0.29, 0.717) is 0 Å². The number of pyridine rings is 1. The molecule has 0 fully saturated rings. The van der Waals surface area contributed by atoms with Crippen LogP contribution in [0, 0.1) is 6.92 Å². The van der Waals surface area contributed by atoms with Crippen molar-refractivity contribution in [3.05, 3.63) is 42.6 Å². The zero-order valence-electron chi connectivity index (χ0n) is 6.82. The van der Waals surface area contributed by atoms with Crippen LogP contribution in [-0.4, -0.2) is 4.98 Å². The van der Waals surface area contributed by atoms with Crippen LogP contribution in [0.3, 0.4) is 0 Å². The van der Waals surface area contributed by atoms with E-state index < -0.39 is 0 Å². The van der Waals surface area contributed by atoms with Crippen LogP contribution in [0.25, 0.3) is 11.1 Å². The molecule has 2 aromatic rings. The molecule has 0 aliphatic carbocycles. The number of hydrogen-bond acceptors (Lipinski definition) is 2. The minimum absolute atomic E-state index is 1.02. The first kappa shape index (κ1) is 7.10. The summed E-state index contributed by atoms with van der Waals surface area (Å²) in [6.45, 7) is 1.98. The number of rotatable bonds is 1. The topological polar surface area (TPSA) is 26.0 Å². The van der Waals surface area contributed by atoms with Crippen molar-refractivity contribution in [3.8, 4) is 11.1 Å². The molecule has 0 unspecified atom stereocenters. The quantitative estimate of drug-likeness (QED) is 0.639. The zero-order valence-corrected chi connectivity index (χ0v) is 6.82. The Morgan fingerprint density at radius 3 is 2.83 bits per heavy atom. The molecule has 2 heterocycles. The number of furan rings is 1. The summed E-state index contributed by atoms with van der Waals surface area (Å²) >= 11 is 0. The summed E-state index contributed by atoms with van der Waals surface area (Å²) in [5.74, 6) is 0. The summed E-state index contributed by atoms with van der Waals surface area (Å²) in [7, 11) is 0. The van der Waals surface area contributed by atoms with Crippen molar-refractivity contribution < 1.29 is 4.42 Å². The van der Waals surface area contributed by atoms with Gasteiger partial charge in [-0.15, -0.1) is 0 Å². The monoisotopic (exact) mass is 159 g/mol. The Hall–Kier alpha value is -1.57. The molecule has 0 aliphatic rings. The Labute approximate surface area is 70.9 Å². The average Bonchev–Trinajstić information content (AvgIpc) is 2.56. The predicted octanol–water partition coefficient (Wildman–Crippen LogP) is 2.65. The lowest BCUT2D eigenvalue weighted by atomic mass is 10.1. The third-order valence-corrected chi connectivity index (χ3v) is 1.75. The van der Waals surface area contributed by atoms with Crippen LogP contribution in [-0.2, 0) is 0 Å². The smallest absolute Gasteiger partial charge is 0.0980 e. The summed E-state index contributed by atoms with van der Waals surface area (Å²) in [6.07, 6.45) is 5.21. The lowest BCUT2D eigenvalue weighted by Gasteiger charge is -1.96. The molecule has 0 spiro atoms. The van der Waals surface area contributed by atoms with Crippen molar-refractivity contribution in [1.82, 2.24) is 4.98 Å². The highest BCUT2D eigenvalue weighted by Crippen LogP contribution is 2.18. The minimum Gasteiger partial charge on any atom is -0.472 e. The van der Waals surface area contributed by atoms with E-state index >= 15 is 0 Å². The maximum atomic E-state index is 4.99. The van der Waals surface area contributed by atoms with Gasteiger partial charge in [-0.3, -0.25) is 4.98 Å². The second kappa shape index (κ2) is 2.81. The Bertz CT molecular complexity index is 365. The van der Waals surface area contributed by atoms with Gasteiger partial charge in [0.2, 0.25) is 0 Å². The molecule has 12 heavy (non-hydrogen) atoms. The molecule has 0 saturated carbocycles. The first-order valence-corrected chi connectivity index (χ1v) is 3.81. The molecule has 60 valence electrons. The number of aryl methyl sites for hydroxylation is 1. The van der Waals surface area contributed by atoms with Crippen LogP contribution in [0.15, 0.2) is 41.3 Å². The van der Waals surface area contributed by atoms with E-state index in [2.05, 4.69) is 4.98 Å². The van der Waals surface area contributed by atoms with E-state index in [1.165, 1.54) is 0 Å². The van der Waals surface area contributed by atoms with Crippen molar-refractivity contribution in [3.63, 3.8) is 0 Å². The zero-order chi connectivity index (χ0) is 8.39. The first-order valence-electron chi connectivity index (χ1n) is 3.81. The van der Waals surface area contributed by atoms with Gasteiger partial charge < -0.3 is 4.42 Å². The molecule has 0 aliphatic heterocycles. The SMILES string of the molecule is Cc1cc(-c2ccoc2)ccn1. The fourth-order valence-electron chi connectivity index (χ4n) is 1.15. The number of nitrogens with zero attached hydrogens (tertiary/aromatic N) is 1. The molecular weight excluding hydrogens is 150 g/mol. The van der Waals surface area contributed by atoms with Gasteiger partial charge in [0.1, 0.15) is 0 Å². The van der Waals surface area contributed by atoms with Gasteiger partial charge in [0, 0.05) is 17.5 Å². The van der Waals surface area contributed by atoms with Crippen molar-refractivity contribution in [2.45, 2.75) is 6.92 Å². The number of aromatic nitrogens is 1. The van der Waals surface area contributed by atoms with Crippen molar-refractivity contribution in [1.29, 1.82) is 0 Å². The van der Waals surface area contributed by atoms with Crippen molar-refractivity contribution in [2.24, 2.45) is 0 Å². The molecule has 0 saturated heterocycles. The van der Waals surface area contributed by atoms with Gasteiger partial charge in [0.25, 0.3) is 0 Å². The van der Waals surface area contributed by atoms with E-state index in [0.717, 1.165) is 16.8 Å². The van der Waals surface area contributed by atoms with Crippen LogP contribution in [0.1, 0.15) is 5.69 Å². The summed E-state index contributed by atoms with van der Waals surface area (Å²) in [5, 5.41) is 0. The minimum atomic E-state index is 1.02. The lowest BCUT2D eigenvalue weighted by molar-refractivity contribution is 0.568. The molecule has 2 heteroatoms. The normalized spacial score (nSPS) is 10.1. The summed E-state index contributed by atoms with van der Waals surface area (Å²) in [4.78, 5) is 4.12. The summed E-state index contributed by atoms with van der Waals surface area (Å²) < 4.78 is 4.99. The summed E-state index contributed by atoms with van der Waals surface area (Å²) in [5.41, 5.74) is 3.27. The molecule has 2 nitrogen and oxygen atoms in total. The second-order valence-corrected chi connectivity index (χ2v) is 2.70. The van der Waals surface area contributed by atoms with E-state index in [1.807, 2.05) is 25.1 Å². The maximum Gasteiger partial charge on any atom is 0.0980 e. The van der Waals surface area contributed by atoms with E-state index in [-0.39, 0.29) is 0 Å². The van der Waals surface area contributed by atoms with Crippen molar-refractivity contribution >= 4 is 0 Å². The Kier molecular flexibility index (Phi) is 1.67. The van der Waals surface area contributed by atoms with Gasteiger partial charge in [-0.05, 0) is 30.7 Å². The highest BCUT2D eigenvalue weighted by Gasteiger charge is 1.97. The fraction of sp³-hybridized carbons (Fsp3) is 0.100. The van der Waals surface area contributed by atoms with Gasteiger partial charge in [-0.1, -0.05) is 0 Å². The molecule has 0 amide bonds. The maximum absolute atomic E-state index is 4.99. The molecule has 0 aromatic carbocycles. The Morgan fingerprint density at radius 2 is 2.17 bits per heavy atom. The summed E-state index contributed by atoms with van der Waals surface area (Å²) in [6, 6.07) is 5.94. The Morgan fingerprint density at radius 1 is 1.25 bits per heavy atom. The van der Waals surface area contributed by atoms with Crippen LogP contribution in [0.4, 0.5) is 0 Å². The molecule has 0 N–H and O–H groups in total. The van der Waals surface area contributed by atoms with Gasteiger partial charge in [-0.2, -0.15) is 0 Å². The van der Waals surface area contributed by atoms with Gasteiger partial charge in [0.05, 0.1) is 12.5 Å².